The van der Waals surface area contributed by atoms with Crippen LogP contribution in [-0.2, 0) is 16.1 Å². The molecule has 1 aliphatic rings. The number of rotatable bonds is 9. The molecule has 0 aliphatic heterocycles. The van der Waals surface area contributed by atoms with E-state index in [0.29, 0.717) is 19.5 Å². The van der Waals surface area contributed by atoms with Crippen LogP contribution < -0.4 is 5.32 Å². The predicted molar refractivity (Wildman–Crippen MR) is 177 cm³/mol. The molecular weight excluding hydrogens is 558 g/mol. The molecule has 1 aliphatic carbocycles. The van der Waals surface area contributed by atoms with Crippen molar-refractivity contribution in [2.45, 2.75) is 18.9 Å². The quantitative estimate of drug-likeness (QED) is 0.207. The van der Waals surface area contributed by atoms with E-state index in [4.69, 9.17) is 0 Å². The maximum atomic E-state index is 12.9. The van der Waals surface area contributed by atoms with Gasteiger partial charge in [0, 0.05) is 67.6 Å². The minimum absolute atomic E-state index is 0.0215. The van der Waals surface area contributed by atoms with E-state index in [1.165, 1.54) is 27.6 Å². The highest BCUT2D eigenvalue weighted by atomic mass is 16.2. The lowest BCUT2D eigenvalue weighted by atomic mass is 9.93. The molecule has 7 heteroatoms. The molecule has 0 bridgehead atoms. The summed E-state index contributed by atoms with van der Waals surface area (Å²) >= 11 is 0. The molecule has 45 heavy (non-hydrogen) atoms. The molecule has 6 aromatic rings. The van der Waals surface area contributed by atoms with Crippen LogP contribution in [0, 0.1) is 0 Å². The molecule has 2 aromatic heterocycles. The van der Waals surface area contributed by atoms with E-state index in [1.807, 2.05) is 55.0 Å². The van der Waals surface area contributed by atoms with Crippen LogP contribution in [0.5, 0.6) is 0 Å². The number of carbonyl (C=O) groups is 2. The van der Waals surface area contributed by atoms with E-state index >= 15 is 0 Å². The smallest absolute Gasteiger partial charge is 0.244 e. The topological polar surface area (TPSA) is 80.1 Å². The van der Waals surface area contributed by atoms with Gasteiger partial charge < -0.3 is 10.2 Å². The van der Waals surface area contributed by atoms with Crippen molar-refractivity contribution in [1.29, 1.82) is 0 Å². The number of likely N-dealkylation sites (N-methyl/N-ethyl adjacent to an activating group) is 1. The summed E-state index contributed by atoms with van der Waals surface area (Å²) in [5, 5.41) is 9.72. The van der Waals surface area contributed by atoms with Crippen LogP contribution in [-0.4, -0.2) is 51.6 Å². The summed E-state index contributed by atoms with van der Waals surface area (Å²) in [4.78, 5) is 31.9. The van der Waals surface area contributed by atoms with Gasteiger partial charge in [-0.25, -0.2) is 0 Å². The Kier molecular flexibility index (Phi) is 7.66. The molecular formula is C38H33N5O2. The predicted octanol–water partition coefficient (Wildman–Crippen LogP) is 6.54. The second-order valence-electron chi connectivity index (χ2n) is 11.5. The molecule has 0 saturated carbocycles. The molecule has 1 N–H and O–H groups in total. The van der Waals surface area contributed by atoms with Crippen LogP contribution in [0.2, 0.25) is 0 Å². The number of pyridine rings is 1. The second kappa shape index (κ2) is 12.2. The summed E-state index contributed by atoms with van der Waals surface area (Å²) in [5.74, 6) is -0.0552. The molecule has 7 rings (SSSR count). The van der Waals surface area contributed by atoms with Crippen molar-refractivity contribution in [2.75, 3.05) is 20.1 Å². The van der Waals surface area contributed by atoms with E-state index in [-0.39, 0.29) is 24.3 Å². The minimum atomic E-state index is -0.0728. The van der Waals surface area contributed by atoms with Crippen molar-refractivity contribution in [3.05, 3.63) is 133 Å². The largest absolute Gasteiger partial charge is 0.354 e. The molecule has 0 atom stereocenters. The SMILES string of the molecule is CN(CCNC(=O)CC1c2ccccc2-c2ccccc21)C(=O)Cn1cc(-c2ccc(-c3cncc4ccccc34)cc2)cn1. The number of amides is 2. The molecule has 2 amide bonds. The Morgan fingerprint density at radius 1 is 0.756 bits per heavy atom. The zero-order valence-electron chi connectivity index (χ0n) is 25.1. The van der Waals surface area contributed by atoms with E-state index in [9.17, 15) is 9.59 Å². The molecule has 0 spiro atoms. The third kappa shape index (κ3) is 5.72. The Morgan fingerprint density at radius 3 is 2.18 bits per heavy atom. The zero-order valence-corrected chi connectivity index (χ0v) is 25.1. The number of nitrogens with one attached hydrogen (secondary N) is 1. The summed E-state index contributed by atoms with van der Waals surface area (Å²) in [6.07, 6.45) is 7.82. The monoisotopic (exact) mass is 591 g/mol. The van der Waals surface area contributed by atoms with Crippen LogP contribution in [0.3, 0.4) is 0 Å². The summed E-state index contributed by atoms with van der Waals surface area (Å²) < 4.78 is 1.66. The number of hydrogen-bond acceptors (Lipinski definition) is 4. The number of aromatic nitrogens is 3. The highest BCUT2D eigenvalue weighted by Gasteiger charge is 2.29. The fraction of sp³-hybridized carbons (Fsp3) is 0.158. The summed E-state index contributed by atoms with van der Waals surface area (Å²) in [5.41, 5.74) is 8.94. The van der Waals surface area contributed by atoms with Crippen molar-refractivity contribution in [3.8, 4) is 33.4 Å². The lowest BCUT2D eigenvalue weighted by molar-refractivity contribution is -0.131. The molecule has 0 radical (unpaired) electrons. The van der Waals surface area contributed by atoms with Gasteiger partial charge in [0.05, 0.1) is 6.20 Å². The number of carbonyl (C=O) groups excluding carboxylic acids is 2. The Bertz CT molecular complexity index is 1960. The van der Waals surface area contributed by atoms with E-state index in [0.717, 1.165) is 27.6 Å². The first-order chi connectivity index (χ1) is 22.0. The standard InChI is InChI=1S/C38H33N5O2/c1-42(19-18-40-37(44)20-35-33-12-6-4-10-31(33)32-11-5-7-13-34(32)35)38(45)25-43-24-29(22-41-43)26-14-16-27(17-15-26)36-23-39-21-28-8-2-3-9-30(28)36/h2-17,21-24,35H,18-20,25H2,1H3,(H,40,44). The van der Waals surface area contributed by atoms with Gasteiger partial charge in [0.1, 0.15) is 6.54 Å². The van der Waals surface area contributed by atoms with E-state index < -0.39 is 0 Å². The molecule has 7 nitrogen and oxygen atoms in total. The number of nitrogens with zero attached hydrogens (tertiary/aromatic N) is 4. The lowest BCUT2D eigenvalue weighted by Crippen LogP contribution is -2.38. The Labute approximate surface area is 262 Å². The van der Waals surface area contributed by atoms with Gasteiger partial charge in [-0.15, -0.1) is 0 Å². The van der Waals surface area contributed by atoms with Crippen molar-refractivity contribution < 1.29 is 9.59 Å². The summed E-state index contributed by atoms with van der Waals surface area (Å²) in [6.45, 7) is 0.931. The van der Waals surface area contributed by atoms with Crippen molar-refractivity contribution >= 4 is 22.6 Å². The number of hydrogen-bond donors (Lipinski definition) is 1. The molecule has 4 aromatic carbocycles. The Morgan fingerprint density at radius 2 is 1.42 bits per heavy atom. The van der Waals surface area contributed by atoms with E-state index in [1.54, 1.807) is 22.8 Å². The van der Waals surface area contributed by atoms with Gasteiger partial charge in [-0.2, -0.15) is 5.10 Å². The average molecular weight is 592 g/mol. The van der Waals surface area contributed by atoms with Crippen LogP contribution >= 0.6 is 0 Å². The zero-order chi connectivity index (χ0) is 30.8. The molecule has 0 fully saturated rings. The van der Waals surface area contributed by atoms with Gasteiger partial charge in [-0.05, 0) is 38.8 Å². The lowest BCUT2D eigenvalue weighted by Gasteiger charge is -2.18. The van der Waals surface area contributed by atoms with Gasteiger partial charge >= 0.3 is 0 Å². The van der Waals surface area contributed by atoms with Crippen LogP contribution in [0.1, 0.15) is 23.5 Å². The Hall–Kier alpha value is -5.56. The minimum Gasteiger partial charge on any atom is -0.354 e. The number of fused-ring (bicyclic) bond motifs is 4. The first-order valence-electron chi connectivity index (χ1n) is 15.2. The highest BCUT2D eigenvalue weighted by Crippen LogP contribution is 2.46. The fourth-order valence-electron chi connectivity index (χ4n) is 6.27. The molecule has 0 unspecified atom stereocenters. The van der Waals surface area contributed by atoms with Crippen LogP contribution in [0.15, 0.2) is 122 Å². The summed E-state index contributed by atoms with van der Waals surface area (Å²) in [7, 11) is 1.75. The van der Waals surface area contributed by atoms with E-state index in [2.05, 4.69) is 76.1 Å². The maximum absolute atomic E-state index is 12.9. The third-order valence-electron chi connectivity index (χ3n) is 8.68. The fourth-order valence-corrected chi connectivity index (χ4v) is 6.27. The highest BCUT2D eigenvalue weighted by molar-refractivity contribution is 5.96. The normalized spacial score (nSPS) is 12.1. The van der Waals surface area contributed by atoms with Crippen molar-refractivity contribution in [3.63, 3.8) is 0 Å². The number of benzene rings is 4. The second-order valence-corrected chi connectivity index (χ2v) is 11.5. The first kappa shape index (κ1) is 28.2. The van der Waals surface area contributed by atoms with Gasteiger partial charge in [0.25, 0.3) is 0 Å². The van der Waals surface area contributed by atoms with Gasteiger partial charge in [-0.3, -0.25) is 19.3 Å². The van der Waals surface area contributed by atoms with Crippen molar-refractivity contribution in [2.24, 2.45) is 0 Å². The molecule has 0 saturated heterocycles. The van der Waals surface area contributed by atoms with Crippen LogP contribution in [0.25, 0.3) is 44.2 Å². The van der Waals surface area contributed by atoms with Gasteiger partial charge in [0.2, 0.25) is 11.8 Å². The molecule has 222 valence electrons. The van der Waals surface area contributed by atoms with Gasteiger partial charge in [0.15, 0.2) is 0 Å². The maximum Gasteiger partial charge on any atom is 0.244 e. The first-order valence-corrected chi connectivity index (χ1v) is 15.2. The molecule has 2 heterocycles. The third-order valence-corrected chi connectivity index (χ3v) is 8.68. The summed E-state index contributed by atoms with van der Waals surface area (Å²) in [6, 6.07) is 33.2. The van der Waals surface area contributed by atoms with Gasteiger partial charge in [-0.1, -0.05) is 97.1 Å². The van der Waals surface area contributed by atoms with Crippen molar-refractivity contribution in [1.82, 2.24) is 25.0 Å². The Balaban J connectivity index is 0.920. The average Bonchev–Trinajstić information content (AvgIpc) is 3.67. The van der Waals surface area contributed by atoms with Crippen LogP contribution in [0.4, 0.5) is 0 Å².